The normalized spacial score (nSPS) is 21.3. The fraction of sp³-hybridized carbons (Fsp3) is 0.467. The van der Waals surface area contributed by atoms with Crippen molar-refractivity contribution in [1.82, 2.24) is 0 Å². The van der Waals surface area contributed by atoms with Gasteiger partial charge >= 0.3 is 0 Å². The van der Waals surface area contributed by atoms with Crippen molar-refractivity contribution in [3.63, 3.8) is 0 Å². The van der Waals surface area contributed by atoms with Gasteiger partial charge in [-0.1, -0.05) is 34.4 Å². The summed E-state index contributed by atoms with van der Waals surface area (Å²) in [7, 11) is 0. The zero-order valence-electron chi connectivity index (χ0n) is 10.3. The minimum Gasteiger partial charge on any atom is -0.0772 e. The Morgan fingerprint density at radius 3 is 1.47 bits per heavy atom. The van der Waals surface area contributed by atoms with E-state index in [4.69, 9.17) is 0 Å². The molecule has 0 aromatic rings. The van der Waals surface area contributed by atoms with Crippen molar-refractivity contribution >= 4 is 0 Å². The van der Waals surface area contributed by atoms with E-state index in [2.05, 4.69) is 39.8 Å². The van der Waals surface area contributed by atoms with E-state index in [1.165, 1.54) is 41.6 Å². The molecule has 15 heavy (non-hydrogen) atoms. The SMILES string of the molecule is CC1=CCC(CC2=C(C)C(C)=CC2)=C1C. The molecular formula is C15H20. The second-order valence-corrected chi connectivity index (χ2v) is 4.82. The van der Waals surface area contributed by atoms with Crippen LogP contribution in [-0.2, 0) is 0 Å². The van der Waals surface area contributed by atoms with Crippen LogP contribution < -0.4 is 0 Å². The maximum Gasteiger partial charge on any atom is -0.00906 e. The number of rotatable bonds is 2. The molecule has 0 saturated heterocycles. The van der Waals surface area contributed by atoms with Gasteiger partial charge in [-0.05, 0) is 58.1 Å². The molecule has 0 nitrogen and oxygen atoms in total. The molecule has 0 aliphatic heterocycles. The third kappa shape index (κ3) is 1.86. The van der Waals surface area contributed by atoms with Crippen molar-refractivity contribution in [2.24, 2.45) is 0 Å². The van der Waals surface area contributed by atoms with Gasteiger partial charge in [-0.2, -0.15) is 0 Å². The maximum atomic E-state index is 2.36. The Bertz CT molecular complexity index is 371. The van der Waals surface area contributed by atoms with Crippen LogP contribution in [0.5, 0.6) is 0 Å². The van der Waals surface area contributed by atoms with Crippen LogP contribution >= 0.6 is 0 Å². The lowest BCUT2D eigenvalue weighted by Gasteiger charge is -2.08. The van der Waals surface area contributed by atoms with Crippen LogP contribution in [0.4, 0.5) is 0 Å². The third-order valence-corrected chi connectivity index (χ3v) is 3.98. The lowest BCUT2D eigenvalue weighted by Crippen LogP contribution is -1.89. The fourth-order valence-electron chi connectivity index (χ4n) is 2.39. The highest BCUT2D eigenvalue weighted by Crippen LogP contribution is 2.35. The molecule has 80 valence electrons. The van der Waals surface area contributed by atoms with E-state index in [-0.39, 0.29) is 0 Å². The molecule has 2 aliphatic carbocycles. The summed E-state index contributed by atoms with van der Waals surface area (Å²) >= 11 is 0. The summed E-state index contributed by atoms with van der Waals surface area (Å²) in [6.45, 7) is 8.97. The zero-order chi connectivity index (χ0) is 11.0. The first-order valence-electron chi connectivity index (χ1n) is 5.81. The van der Waals surface area contributed by atoms with E-state index >= 15 is 0 Å². The summed E-state index contributed by atoms with van der Waals surface area (Å²) in [5.74, 6) is 0. The average molecular weight is 200 g/mol. The van der Waals surface area contributed by atoms with Crippen LogP contribution in [0.3, 0.4) is 0 Å². The standard InChI is InChI=1S/C15H20/c1-10-5-7-14(12(10)3)9-15-8-6-11(2)13(15)4/h5-6H,7-9H2,1-4H3. The topological polar surface area (TPSA) is 0 Å². The van der Waals surface area contributed by atoms with Gasteiger partial charge in [-0.15, -0.1) is 0 Å². The minimum absolute atomic E-state index is 1.17. The molecular weight excluding hydrogens is 180 g/mol. The molecule has 0 heterocycles. The van der Waals surface area contributed by atoms with Crippen LogP contribution in [0.2, 0.25) is 0 Å². The number of allylic oxidation sites excluding steroid dienone is 8. The van der Waals surface area contributed by atoms with E-state index in [1.54, 1.807) is 11.1 Å². The monoisotopic (exact) mass is 200 g/mol. The fourth-order valence-corrected chi connectivity index (χ4v) is 2.39. The Labute approximate surface area is 93.1 Å². The smallest absolute Gasteiger partial charge is 0.00906 e. The van der Waals surface area contributed by atoms with Crippen LogP contribution in [-0.4, -0.2) is 0 Å². The van der Waals surface area contributed by atoms with Gasteiger partial charge in [-0.3, -0.25) is 0 Å². The van der Waals surface area contributed by atoms with Gasteiger partial charge in [0.1, 0.15) is 0 Å². The van der Waals surface area contributed by atoms with Gasteiger partial charge in [-0.25, -0.2) is 0 Å². The number of hydrogen-bond acceptors (Lipinski definition) is 0. The van der Waals surface area contributed by atoms with Crippen molar-refractivity contribution < 1.29 is 0 Å². The Morgan fingerprint density at radius 1 is 0.800 bits per heavy atom. The Balaban J connectivity index is 2.14. The van der Waals surface area contributed by atoms with Crippen LogP contribution in [0.25, 0.3) is 0 Å². The van der Waals surface area contributed by atoms with Crippen LogP contribution in [0, 0.1) is 0 Å². The summed E-state index contributed by atoms with van der Waals surface area (Å²) < 4.78 is 0. The summed E-state index contributed by atoms with van der Waals surface area (Å²) in [6, 6.07) is 0. The van der Waals surface area contributed by atoms with Crippen molar-refractivity contribution in [3.05, 3.63) is 45.6 Å². The molecule has 0 radical (unpaired) electrons. The largest absolute Gasteiger partial charge is 0.0772 e. The quantitative estimate of drug-likeness (QED) is 0.605. The van der Waals surface area contributed by atoms with Crippen molar-refractivity contribution in [2.45, 2.75) is 47.0 Å². The highest BCUT2D eigenvalue weighted by Gasteiger charge is 2.15. The average Bonchev–Trinajstić information content (AvgIpc) is 2.68. The molecule has 0 bridgehead atoms. The zero-order valence-corrected chi connectivity index (χ0v) is 10.3. The first-order chi connectivity index (χ1) is 7.09. The van der Waals surface area contributed by atoms with E-state index in [1.807, 2.05) is 0 Å². The van der Waals surface area contributed by atoms with Crippen molar-refractivity contribution in [2.75, 3.05) is 0 Å². The predicted molar refractivity (Wildman–Crippen MR) is 66.8 cm³/mol. The molecule has 0 atom stereocenters. The van der Waals surface area contributed by atoms with E-state index < -0.39 is 0 Å². The molecule has 0 aromatic heterocycles. The predicted octanol–water partition coefficient (Wildman–Crippen LogP) is 4.71. The summed E-state index contributed by atoms with van der Waals surface area (Å²) in [4.78, 5) is 0. The van der Waals surface area contributed by atoms with Crippen molar-refractivity contribution in [1.29, 1.82) is 0 Å². The maximum absolute atomic E-state index is 2.36. The molecule has 0 amide bonds. The van der Waals surface area contributed by atoms with Crippen LogP contribution in [0.15, 0.2) is 45.6 Å². The molecule has 0 heteroatoms. The van der Waals surface area contributed by atoms with Crippen molar-refractivity contribution in [3.8, 4) is 0 Å². The Kier molecular flexibility index (Phi) is 2.68. The highest BCUT2D eigenvalue weighted by atomic mass is 14.2. The van der Waals surface area contributed by atoms with Crippen LogP contribution in [0.1, 0.15) is 47.0 Å². The van der Waals surface area contributed by atoms with E-state index in [0.29, 0.717) is 0 Å². The summed E-state index contributed by atoms with van der Waals surface area (Å²) in [5.41, 5.74) is 9.27. The summed E-state index contributed by atoms with van der Waals surface area (Å²) in [5, 5.41) is 0. The lowest BCUT2D eigenvalue weighted by molar-refractivity contribution is 0.998. The summed E-state index contributed by atoms with van der Waals surface area (Å²) in [6.07, 6.45) is 8.26. The molecule has 0 saturated carbocycles. The van der Waals surface area contributed by atoms with Gasteiger partial charge in [0, 0.05) is 0 Å². The molecule has 0 unspecified atom stereocenters. The molecule has 0 N–H and O–H groups in total. The molecule has 0 spiro atoms. The first-order valence-corrected chi connectivity index (χ1v) is 5.81. The van der Waals surface area contributed by atoms with Gasteiger partial charge in [0.2, 0.25) is 0 Å². The van der Waals surface area contributed by atoms with Gasteiger partial charge in [0.15, 0.2) is 0 Å². The first kappa shape index (κ1) is 10.5. The third-order valence-electron chi connectivity index (χ3n) is 3.98. The molecule has 2 rings (SSSR count). The minimum atomic E-state index is 1.17. The Hall–Kier alpha value is -1.04. The van der Waals surface area contributed by atoms with E-state index in [0.717, 1.165) is 0 Å². The Morgan fingerprint density at radius 2 is 1.20 bits per heavy atom. The second-order valence-electron chi connectivity index (χ2n) is 4.82. The van der Waals surface area contributed by atoms with Gasteiger partial charge in [0.05, 0.1) is 0 Å². The molecule has 0 fully saturated rings. The lowest BCUT2D eigenvalue weighted by atomic mass is 9.97. The van der Waals surface area contributed by atoms with Gasteiger partial charge in [0.25, 0.3) is 0 Å². The highest BCUT2D eigenvalue weighted by molar-refractivity contribution is 5.46. The molecule has 2 aliphatic rings. The van der Waals surface area contributed by atoms with E-state index in [9.17, 15) is 0 Å². The van der Waals surface area contributed by atoms with Gasteiger partial charge < -0.3 is 0 Å². The number of hydrogen-bond donors (Lipinski definition) is 0. The molecule has 0 aromatic carbocycles. The second kappa shape index (κ2) is 3.84.